The number of halogens is 10. The van der Waals surface area contributed by atoms with Crippen molar-refractivity contribution < 1.29 is 39.5 Å². The summed E-state index contributed by atoms with van der Waals surface area (Å²) in [6.45, 7) is 0. The van der Waals surface area contributed by atoms with Gasteiger partial charge in [-0.05, 0) is 45.8 Å². The van der Waals surface area contributed by atoms with E-state index in [1.54, 1.807) is 12.1 Å². The van der Waals surface area contributed by atoms with Crippen LogP contribution in [-0.4, -0.2) is 18.0 Å². The van der Waals surface area contributed by atoms with E-state index in [4.69, 9.17) is 0 Å². The van der Waals surface area contributed by atoms with Crippen LogP contribution in [0.1, 0.15) is 5.56 Å². The maximum Gasteiger partial charge on any atom is 0.460 e. The molecule has 0 aliphatic rings. The summed E-state index contributed by atoms with van der Waals surface area (Å²) in [4.78, 5) is 2.32. The summed E-state index contributed by atoms with van der Waals surface area (Å²) in [5.74, 6) is -19.4. The van der Waals surface area contributed by atoms with Gasteiger partial charge in [-0.2, -0.15) is 39.5 Å². The van der Waals surface area contributed by atoms with Crippen LogP contribution in [0, 0.1) is 0 Å². The summed E-state index contributed by atoms with van der Waals surface area (Å²) in [5, 5.41) is 0. The molecule has 2 aromatic heterocycles. The fraction of sp³-hybridized carbons (Fsp3) is 0.222. The first-order chi connectivity index (χ1) is 13.7. The van der Waals surface area contributed by atoms with E-state index in [2.05, 4.69) is 15.9 Å². The standard InChI is InChI=1S/C18H8BrF9S2/c19-14-8-7-13(30-14)12-6-5-11(29-12)9-1-3-10(4-2-9)15(20,21)16(22,23)17(24,25)18(26,27)28/h1-8H. The molecule has 30 heavy (non-hydrogen) atoms. The van der Waals surface area contributed by atoms with Gasteiger partial charge in [-0.15, -0.1) is 22.7 Å². The Morgan fingerprint density at radius 2 is 1.07 bits per heavy atom. The molecule has 0 unspecified atom stereocenters. The molecule has 2 heterocycles. The van der Waals surface area contributed by atoms with Crippen LogP contribution in [0.15, 0.2) is 52.3 Å². The summed E-state index contributed by atoms with van der Waals surface area (Å²) in [6.07, 6.45) is -6.84. The average molecular weight is 539 g/mol. The highest BCUT2D eigenvalue weighted by Crippen LogP contribution is 2.56. The summed E-state index contributed by atoms with van der Waals surface area (Å²) in [5.41, 5.74) is -1.34. The molecule has 0 bridgehead atoms. The third-order valence-corrected chi connectivity index (χ3v) is 7.05. The largest absolute Gasteiger partial charge is 0.460 e. The Labute approximate surface area is 180 Å². The summed E-state index contributed by atoms with van der Waals surface area (Å²) in [6, 6.07) is 9.82. The molecule has 0 spiro atoms. The molecule has 0 nitrogen and oxygen atoms in total. The molecular formula is C18H8BrF9S2. The van der Waals surface area contributed by atoms with Gasteiger partial charge in [0.25, 0.3) is 0 Å². The predicted octanol–water partition coefficient (Wildman–Crippen LogP) is 8.83. The molecule has 0 fully saturated rings. The summed E-state index contributed by atoms with van der Waals surface area (Å²) < 4.78 is 119. The molecular weight excluding hydrogens is 531 g/mol. The Balaban J connectivity index is 1.91. The Hall–Kier alpha value is -1.53. The third-order valence-electron chi connectivity index (χ3n) is 4.10. The molecule has 0 radical (unpaired) electrons. The molecule has 1 aromatic carbocycles. The monoisotopic (exact) mass is 538 g/mol. The van der Waals surface area contributed by atoms with Crippen LogP contribution in [0.2, 0.25) is 0 Å². The smallest absolute Gasteiger partial charge is 0.194 e. The molecule has 3 rings (SSSR count). The van der Waals surface area contributed by atoms with Gasteiger partial charge < -0.3 is 0 Å². The van der Waals surface area contributed by atoms with E-state index in [0.717, 1.165) is 25.7 Å². The van der Waals surface area contributed by atoms with Crippen LogP contribution >= 0.6 is 38.6 Å². The lowest BCUT2D eigenvalue weighted by Crippen LogP contribution is -2.59. The van der Waals surface area contributed by atoms with Crippen LogP contribution in [-0.2, 0) is 5.92 Å². The summed E-state index contributed by atoms with van der Waals surface area (Å²) in [7, 11) is 0. The normalized spacial score (nSPS) is 13.7. The fourth-order valence-electron chi connectivity index (χ4n) is 2.47. The van der Waals surface area contributed by atoms with E-state index >= 15 is 0 Å². The maximum absolute atomic E-state index is 14.0. The van der Waals surface area contributed by atoms with Crippen molar-refractivity contribution in [1.82, 2.24) is 0 Å². The van der Waals surface area contributed by atoms with Gasteiger partial charge in [-0.1, -0.05) is 24.3 Å². The minimum atomic E-state index is -6.92. The maximum atomic E-state index is 14.0. The highest BCUT2D eigenvalue weighted by molar-refractivity contribution is 9.11. The van der Waals surface area contributed by atoms with Crippen molar-refractivity contribution in [2.24, 2.45) is 0 Å². The zero-order valence-electron chi connectivity index (χ0n) is 14.2. The lowest BCUT2D eigenvalue weighted by atomic mass is 9.96. The van der Waals surface area contributed by atoms with E-state index in [1.165, 1.54) is 22.7 Å². The number of rotatable bonds is 5. The molecule has 0 atom stereocenters. The predicted molar refractivity (Wildman–Crippen MR) is 101 cm³/mol. The minimum absolute atomic E-state index is 0.312. The van der Waals surface area contributed by atoms with Gasteiger partial charge in [0.05, 0.1) is 3.79 Å². The highest BCUT2D eigenvalue weighted by Gasteiger charge is 2.81. The number of alkyl halides is 9. The third kappa shape index (κ3) is 3.77. The van der Waals surface area contributed by atoms with Crippen molar-refractivity contribution >= 4 is 38.6 Å². The zero-order chi connectivity index (χ0) is 22.5. The van der Waals surface area contributed by atoms with E-state index in [-0.39, 0.29) is 0 Å². The SMILES string of the molecule is FC(F)(F)C(F)(F)C(F)(F)C(F)(F)c1ccc(-c2ccc(-c3ccc(Br)s3)s2)cc1. The first-order valence-electron chi connectivity index (χ1n) is 7.85. The average Bonchev–Trinajstić information content (AvgIpc) is 3.29. The quantitative estimate of drug-likeness (QED) is 0.284. The Morgan fingerprint density at radius 3 is 1.57 bits per heavy atom. The fourth-order valence-corrected chi connectivity index (χ4v) is 4.96. The van der Waals surface area contributed by atoms with Crippen molar-refractivity contribution in [2.75, 3.05) is 0 Å². The Bertz CT molecular complexity index is 1030. The topological polar surface area (TPSA) is 0 Å². The Kier molecular flexibility index (Phi) is 5.83. The van der Waals surface area contributed by atoms with Crippen LogP contribution in [0.3, 0.4) is 0 Å². The molecule has 0 N–H and O–H groups in total. The molecule has 0 saturated heterocycles. The van der Waals surface area contributed by atoms with Gasteiger partial charge in [0, 0.05) is 20.2 Å². The van der Waals surface area contributed by atoms with Crippen molar-refractivity contribution in [1.29, 1.82) is 0 Å². The van der Waals surface area contributed by atoms with Crippen molar-refractivity contribution in [3.8, 4) is 20.2 Å². The number of hydrogen-bond acceptors (Lipinski definition) is 2. The van der Waals surface area contributed by atoms with Gasteiger partial charge in [-0.3, -0.25) is 0 Å². The van der Waals surface area contributed by atoms with Gasteiger partial charge >= 0.3 is 23.9 Å². The highest BCUT2D eigenvalue weighted by atomic mass is 79.9. The molecule has 162 valence electrons. The lowest BCUT2D eigenvalue weighted by Gasteiger charge is -2.33. The van der Waals surface area contributed by atoms with Gasteiger partial charge in [0.15, 0.2) is 0 Å². The van der Waals surface area contributed by atoms with E-state index in [9.17, 15) is 39.5 Å². The first kappa shape index (κ1) is 23.1. The molecule has 12 heteroatoms. The zero-order valence-corrected chi connectivity index (χ0v) is 17.4. The van der Waals surface area contributed by atoms with E-state index < -0.39 is 29.5 Å². The van der Waals surface area contributed by atoms with Crippen molar-refractivity contribution in [3.05, 3.63) is 57.9 Å². The second kappa shape index (κ2) is 7.56. The molecule has 0 aliphatic carbocycles. The Morgan fingerprint density at radius 1 is 0.567 bits per heavy atom. The van der Waals surface area contributed by atoms with Crippen LogP contribution in [0.5, 0.6) is 0 Å². The number of hydrogen-bond donors (Lipinski definition) is 0. The number of thiophene rings is 2. The van der Waals surface area contributed by atoms with Crippen molar-refractivity contribution in [3.63, 3.8) is 0 Å². The van der Waals surface area contributed by atoms with Crippen LogP contribution < -0.4 is 0 Å². The molecule has 0 amide bonds. The van der Waals surface area contributed by atoms with Gasteiger partial charge in [0.2, 0.25) is 0 Å². The van der Waals surface area contributed by atoms with E-state index in [1.807, 2.05) is 12.1 Å². The second-order valence-electron chi connectivity index (χ2n) is 6.07. The van der Waals surface area contributed by atoms with Gasteiger partial charge in [0.1, 0.15) is 0 Å². The first-order valence-corrected chi connectivity index (χ1v) is 10.3. The lowest BCUT2D eigenvalue weighted by molar-refractivity contribution is -0.399. The number of benzene rings is 1. The van der Waals surface area contributed by atoms with Gasteiger partial charge in [-0.25, -0.2) is 0 Å². The minimum Gasteiger partial charge on any atom is -0.194 e. The summed E-state index contributed by atoms with van der Waals surface area (Å²) >= 11 is 6.02. The molecule has 0 saturated carbocycles. The second-order valence-corrected chi connectivity index (χ2v) is 9.61. The van der Waals surface area contributed by atoms with Crippen LogP contribution in [0.4, 0.5) is 39.5 Å². The van der Waals surface area contributed by atoms with Crippen LogP contribution in [0.25, 0.3) is 20.2 Å². The van der Waals surface area contributed by atoms with Crippen molar-refractivity contribution in [2.45, 2.75) is 23.9 Å². The molecule has 0 aliphatic heterocycles. The molecule has 3 aromatic rings. The van der Waals surface area contributed by atoms with E-state index in [0.29, 0.717) is 22.6 Å².